The summed E-state index contributed by atoms with van der Waals surface area (Å²) in [5, 5.41) is 0. The van der Waals surface area contributed by atoms with E-state index >= 15 is 0 Å². The van der Waals surface area contributed by atoms with Crippen molar-refractivity contribution in [2.45, 2.75) is 41.2 Å². The molecule has 0 saturated heterocycles. The Balaban J connectivity index is 2.07. The van der Waals surface area contributed by atoms with Crippen LogP contribution in [-0.2, 0) is 18.3 Å². The molecular formula is C22H27N5O3. The van der Waals surface area contributed by atoms with Crippen molar-refractivity contribution in [3.05, 3.63) is 61.6 Å². The second-order valence-electron chi connectivity index (χ2n) is 7.69. The standard InChI is InChI=1S/C22H27N5O3/c1-7-30-11-10-25-20(28)18-19(24(6)22(25)29)23-21-26(15(4)16(5)27(18)21)17-9-8-13(2)14(3)12-17/h8-9,12H,7,10-11H2,1-6H3. The molecule has 4 rings (SSSR count). The lowest BCUT2D eigenvalue weighted by Crippen LogP contribution is -2.40. The average molecular weight is 409 g/mol. The van der Waals surface area contributed by atoms with E-state index in [2.05, 4.69) is 26.0 Å². The van der Waals surface area contributed by atoms with E-state index in [1.165, 1.54) is 20.3 Å². The van der Waals surface area contributed by atoms with E-state index in [1.54, 1.807) is 7.05 Å². The van der Waals surface area contributed by atoms with Crippen LogP contribution in [0.4, 0.5) is 0 Å². The van der Waals surface area contributed by atoms with Crippen LogP contribution in [0.3, 0.4) is 0 Å². The SMILES string of the molecule is CCOCCn1c(=O)c2c(nc3n(-c4ccc(C)c(C)c4)c(C)c(C)n23)n(C)c1=O. The van der Waals surface area contributed by atoms with Gasteiger partial charge in [0.2, 0.25) is 5.78 Å². The Kier molecular flexibility index (Phi) is 4.89. The van der Waals surface area contributed by atoms with Crippen molar-refractivity contribution in [3.8, 4) is 5.69 Å². The molecule has 0 unspecified atom stereocenters. The Labute approximate surface area is 174 Å². The van der Waals surface area contributed by atoms with Crippen LogP contribution in [0, 0.1) is 27.7 Å². The van der Waals surface area contributed by atoms with E-state index in [1.807, 2.05) is 35.8 Å². The highest BCUT2D eigenvalue weighted by Crippen LogP contribution is 2.25. The van der Waals surface area contributed by atoms with Crippen molar-refractivity contribution < 1.29 is 4.74 Å². The molecule has 8 heteroatoms. The number of imidazole rings is 2. The van der Waals surface area contributed by atoms with Crippen molar-refractivity contribution in [2.24, 2.45) is 7.05 Å². The van der Waals surface area contributed by atoms with Gasteiger partial charge in [-0.15, -0.1) is 0 Å². The molecule has 0 amide bonds. The summed E-state index contributed by atoms with van der Waals surface area (Å²) in [5.74, 6) is 0.623. The molecule has 0 aliphatic rings. The van der Waals surface area contributed by atoms with E-state index in [4.69, 9.17) is 9.72 Å². The van der Waals surface area contributed by atoms with Crippen LogP contribution in [0.1, 0.15) is 29.4 Å². The van der Waals surface area contributed by atoms with Gasteiger partial charge in [-0.25, -0.2) is 4.79 Å². The molecule has 158 valence electrons. The lowest BCUT2D eigenvalue weighted by Gasteiger charge is -2.09. The Bertz CT molecular complexity index is 1400. The summed E-state index contributed by atoms with van der Waals surface area (Å²) in [6, 6.07) is 6.24. The van der Waals surface area contributed by atoms with Gasteiger partial charge in [-0.1, -0.05) is 6.07 Å². The molecule has 0 fully saturated rings. The van der Waals surface area contributed by atoms with Crippen LogP contribution < -0.4 is 11.2 Å². The third-order valence-electron chi connectivity index (χ3n) is 5.93. The smallest absolute Gasteiger partial charge is 0.332 e. The maximum absolute atomic E-state index is 13.3. The molecule has 8 nitrogen and oxygen atoms in total. The maximum Gasteiger partial charge on any atom is 0.332 e. The van der Waals surface area contributed by atoms with E-state index in [9.17, 15) is 9.59 Å². The quantitative estimate of drug-likeness (QED) is 0.475. The normalized spacial score (nSPS) is 11.8. The predicted octanol–water partition coefficient (Wildman–Crippen LogP) is 2.41. The van der Waals surface area contributed by atoms with Crippen LogP contribution in [0.5, 0.6) is 0 Å². The summed E-state index contributed by atoms with van der Waals surface area (Å²) in [6.07, 6.45) is 0. The molecule has 30 heavy (non-hydrogen) atoms. The summed E-state index contributed by atoms with van der Waals surface area (Å²) in [7, 11) is 1.65. The molecule has 0 saturated carbocycles. The molecule has 3 heterocycles. The minimum Gasteiger partial charge on any atom is -0.380 e. The van der Waals surface area contributed by atoms with Gasteiger partial charge in [0.1, 0.15) is 0 Å². The molecule has 1 aromatic carbocycles. The highest BCUT2D eigenvalue weighted by atomic mass is 16.5. The molecule has 0 radical (unpaired) electrons. The average Bonchev–Trinajstić information content (AvgIpc) is 3.21. The van der Waals surface area contributed by atoms with E-state index in [-0.39, 0.29) is 17.8 Å². The van der Waals surface area contributed by atoms with E-state index < -0.39 is 0 Å². The summed E-state index contributed by atoms with van der Waals surface area (Å²) < 4.78 is 11.9. The second-order valence-corrected chi connectivity index (χ2v) is 7.69. The highest BCUT2D eigenvalue weighted by Gasteiger charge is 2.23. The molecule has 4 aromatic rings. The van der Waals surface area contributed by atoms with Gasteiger partial charge >= 0.3 is 5.69 Å². The van der Waals surface area contributed by atoms with Gasteiger partial charge in [-0.3, -0.25) is 22.9 Å². The van der Waals surface area contributed by atoms with E-state index in [0.717, 1.165) is 17.1 Å². The predicted molar refractivity (Wildman–Crippen MR) is 117 cm³/mol. The Morgan fingerprint density at radius 3 is 2.43 bits per heavy atom. The first-order chi connectivity index (χ1) is 14.3. The second kappa shape index (κ2) is 7.28. The highest BCUT2D eigenvalue weighted by molar-refractivity contribution is 5.77. The number of hydrogen-bond donors (Lipinski definition) is 0. The number of nitrogens with zero attached hydrogens (tertiary/aromatic N) is 5. The topological polar surface area (TPSA) is 75.5 Å². The number of benzene rings is 1. The summed E-state index contributed by atoms with van der Waals surface area (Å²) in [4.78, 5) is 30.8. The Morgan fingerprint density at radius 2 is 1.77 bits per heavy atom. The van der Waals surface area contributed by atoms with Gasteiger partial charge < -0.3 is 4.74 Å². The van der Waals surface area contributed by atoms with Gasteiger partial charge in [0.05, 0.1) is 13.2 Å². The first kappa shape index (κ1) is 20.2. The number of aryl methyl sites for hydroxylation is 4. The fourth-order valence-electron chi connectivity index (χ4n) is 3.92. The minimum atomic E-state index is -0.389. The zero-order chi connectivity index (χ0) is 21.7. The number of hydrogen-bond acceptors (Lipinski definition) is 4. The number of aromatic nitrogens is 5. The molecule has 0 aliphatic heterocycles. The van der Waals surface area contributed by atoms with Gasteiger partial charge in [0.15, 0.2) is 11.2 Å². The summed E-state index contributed by atoms with van der Waals surface area (Å²) in [5.41, 5.74) is 5.34. The molecule has 0 bridgehead atoms. The van der Waals surface area contributed by atoms with Crippen LogP contribution >= 0.6 is 0 Å². The maximum atomic E-state index is 13.3. The van der Waals surface area contributed by atoms with Crippen LogP contribution in [0.2, 0.25) is 0 Å². The Morgan fingerprint density at radius 1 is 1.03 bits per heavy atom. The van der Waals surface area contributed by atoms with Crippen LogP contribution in [0.15, 0.2) is 27.8 Å². The largest absolute Gasteiger partial charge is 0.380 e. The number of ether oxygens (including phenoxy) is 1. The Hall–Kier alpha value is -3.13. The third-order valence-corrected chi connectivity index (χ3v) is 5.93. The van der Waals surface area contributed by atoms with Gasteiger partial charge in [-0.2, -0.15) is 4.98 Å². The third kappa shape index (κ3) is 2.82. The molecular weight excluding hydrogens is 382 g/mol. The van der Waals surface area contributed by atoms with Crippen LogP contribution in [-0.4, -0.2) is 36.3 Å². The first-order valence-corrected chi connectivity index (χ1v) is 10.1. The van der Waals surface area contributed by atoms with Gasteiger partial charge in [0.25, 0.3) is 5.56 Å². The van der Waals surface area contributed by atoms with Crippen molar-refractivity contribution in [3.63, 3.8) is 0 Å². The summed E-state index contributed by atoms with van der Waals surface area (Å²) in [6.45, 7) is 11.1. The van der Waals surface area contributed by atoms with Crippen molar-refractivity contribution >= 4 is 16.9 Å². The number of fused-ring (bicyclic) bond motifs is 3. The molecule has 0 aliphatic carbocycles. The number of rotatable bonds is 5. The lowest BCUT2D eigenvalue weighted by atomic mass is 10.1. The summed E-state index contributed by atoms with van der Waals surface area (Å²) >= 11 is 0. The molecule has 3 aromatic heterocycles. The van der Waals surface area contributed by atoms with Crippen molar-refractivity contribution in [2.75, 3.05) is 13.2 Å². The van der Waals surface area contributed by atoms with Gasteiger partial charge in [-0.05, 0) is 57.9 Å². The zero-order valence-electron chi connectivity index (χ0n) is 18.3. The molecule has 0 atom stereocenters. The van der Waals surface area contributed by atoms with Crippen molar-refractivity contribution in [1.29, 1.82) is 0 Å². The lowest BCUT2D eigenvalue weighted by molar-refractivity contribution is 0.137. The molecule has 0 N–H and O–H groups in total. The first-order valence-electron chi connectivity index (χ1n) is 10.1. The van der Waals surface area contributed by atoms with Crippen molar-refractivity contribution in [1.82, 2.24) is 23.1 Å². The molecule has 0 spiro atoms. The minimum absolute atomic E-state index is 0.207. The fourth-order valence-corrected chi connectivity index (χ4v) is 3.92. The van der Waals surface area contributed by atoms with Crippen LogP contribution in [0.25, 0.3) is 22.6 Å². The van der Waals surface area contributed by atoms with Gasteiger partial charge in [0, 0.05) is 30.7 Å². The van der Waals surface area contributed by atoms with E-state index in [0.29, 0.717) is 30.2 Å². The monoisotopic (exact) mass is 409 g/mol. The zero-order valence-corrected chi connectivity index (χ0v) is 18.3. The fraction of sp³-hybridized carbons (Fsp3) is 0.409.